The Balaban J connectivity index is 2.37. The number of thiol groups is 1. The first-order chi connectivity index (χ1) is 4.27. The van der Waals surface area contributed by atoms with Gasteiger partial charge in [-0.15, -0.1) is 0 Å². The molecule has 1 saturated carbocycles. The molecule has 0 N–H and O–H groups in total. The van der Waals surface area contributed by atoms with Crippen molar-refractivity contribution >= 4 is 12.6 Å². The van der Waals surface area contributed by atoms with Crippen LogP contribution in [0.1, 0.15) is 45.4 Å². The van der Waals surface area contributed by atoms with Crippen LogP contribution in [0, 0.1) is 0 Å². The molecule has 1 heteroatoms. The van der Waals surface area contributed by atoms with Crippen molar-refractivity contribution in [3.63, 3.8) is 0 Å². The first-order valence-electron chi connectivity index (χ1n) is 3.99. The zero-order valence-electron chi connectivity index (χ0n) is 6.19. The summed E-state index contributed by atoms with van der Waals surface area (Å²) >= 11 is 4.65. The Kier molecular flexibility index (Phi) is 2.45. The lowest BCUT2D eigenvalue weighted by Crippen LogP contribution is -2.23. The van der Waals surface area contributed by atoms with Crippen LogP contribution in [0.3, 0.4) is 0 Å². The second-order valence-electron chi connectivity index (χ2n) is 3.14. The predicted molar refractivity (Wildman–Crippen MR) is 45.1 cm³/mol. The van der Waals surface area contributed by atoms with Gasteiger partial charge in [-0.1, -0.05) is 26.2 Å². The zero-order valence-corrected chi connectivity index (χ0v) is 7.08. The highest BCUT2D eigenvalue weighted by Gasteiger charge is 2.24. The predicted octanol–water partition coefficient (Wildman–Crippen LogP) is 3.03. The van der Waals surface area contributed by atoms with Gasteiger partial charge < -0.3 is 0 Å². The third-order valence-electron chi connectivity index (χ3n) is 2.44. The molecule has 0 spiro atoms. The van der Waals surface area contributed by atoms with Gasteiger partial charge in [0, 0.05) is 4.75 Å². The van der Waals surface area contributed by atoms with Gasteiger partial charge in [0.15, 0.2) is 0 Å². The molecule has 0 amide bonds. The quantitative estimate of drug-likeness (QED) is 0.537. The summed E-state index contributed by atoms with van der Waals surface area (Å²) in [5, 5.41) is 0. The molecule has 0 atom stereocenters. The monoisotopic (exact) mass is 144 g/mol. The minimum absolute atomic E-state index is 0.415. The van der Waals surface area contributed by atoms with Crippen molar-refractivity contribution in [1.29, 1.82) is 0 Å². The molecule has 1 fully saturated rings. The van der Waals surface area contributed by atoms with Crippen LogP contribution in [0.2, 0.25) is 0 Å². The maximum Gasteiger partial charge on any atom is 0.0127 e. The van der Waals surface area contributed by atoms with E-state index >= 15 is 0 Å². The van der Waals surface area contributed by atoms with Crippen LogP contribution in [-0.2, 0) is 0 Å². The van der Waals surface area contributed by atoms with E-state index in [1.54, 1.807) is 0 Å². The maximum absolute atomic E-state index is 4.65. The summed E-state index contributed by atoms with van der Waals surface area (Å²) in [6.45, 7) is 2.25. The molecule has 0 aromatic rings. The van der Waals surface area contributed by atoms with E-state index in [1.807, 2.05) is 0 Å². The molecule has 0 aliphatic heterocycles. The van der Waals surface area contributed by atoms with Gasteiger partial charge in [-0.2, -0.15) is 12.6 Å². The highest BCUT2D eigenvalue weighted by atomic mass is 32.1. The minimum Gasteiger partial charge on any atom is -0.173 e. The van der Waals surface area contributed by atoms with Gasteiger partial charge >= 0.3 is 0 Å². The van der Waals surface area contributed by atoms with Crippen LogP contribution in [0.5, 0.6) is 0 Å². The lowest BCUT2D eigenvalue weighted by molar-refractivity contribution is 0.391. The fraction of sp³-hybridized carbons (Fsp3) is 1.00. The zero-order chi connectivity index (χ0) is 6.74. The first-order valence-corrected chi connectivity index (χ1v) is 4.44. The summed E-state index contributed by atoms with van der Waals surface area (Å²) in [5.41, 5.74) is 0. The standard InChI is InChI=1S/C8H16S/c1-2-8(9)6-4-3-5-7-8/h9H,2-7H2,1H3. The van der Waals surface area contributed by atoms with Crippen molar-refractivity contribution in [2.24, 2.45) is 0 Å². The lowest BCUT2D eigenvalue weighted by Gasteiger charge is -2.31. The Bertz CT molecular complexity index is 82.6. The third kappa shape index (κ3) is 1.89. The van der Waals surface area contributed by atoms with E-state index in [2.05, 4.69) is 19.6 Å². The molecular weight excluding hydrogens is 128 g/mol. The van der Waals surface area contributed by atoms with E-state index in [-0.39, 0.29) is 0 Å². The van der Waals surface area contributed by atoms with Gasteiger partial charge in [0.25, 0.3) is 0 Å². The van der Waals surface area contributed by atoms with E-state index < -0.39 is 0 Å². The molecule has 0 radical (unpaired) electrons. The van der Waals surface area contributed by atoms with Gasteiger partial charge in [-0.3, -0.25) is 0 Å². The van der Waals surface area contributed by atoms with Crippen LogP contribution in [0.4, 0.5) is 0 Å². The molecule has 54 valence electrons. The number of rotatable bonds is 1. The normalized spacial score (nSPS) is 26.0. The van der Waals surface area contributed by atoms with Gasteiger partial charge in [-0.25, -0.2) is 0 Å². The molecule has 0 heterocycles. The maximum atomic E-state index is 4.65. The first kappa shape index (κ1) is 7.46. The fourth-order valence-corrected chi connectivity index (χ4v) is 1.88. The fourth-order valence-electron chi connectivity index (χ4n) is 1.56. The van der Waals surface area contributed by atoms with Crippen molar-refractivity contribution in [2.75, 3.05) is 0 Å². The Morgan fingerprint density at radius 3 is 2.11 bits per heavy atom. The number of hydrogen-bond acceptors (Lipinski definition) is 1. The molecule has 0 saturated heterocycles. The molecule has 0 nitrogen and oxygen atoms in total. The van der Waals surface area contributed by atoms with Crippen molar-refractivity contribution in [3.05, 3.63) is 0 Å². The van der Waals surface area contributed by atoms with Gasteiger partial charge in [-0.05, 0) is 19.3 Å². The van der Waals surface area contributed by atoms with Crippen molar-refractivity contribution in [1.82, 2.24) is 0 Å². The Labute approximate surface area is 63.4 Å². The molecule has 0 aromatic heterocycles. The summed E-state index contributed by atoms with van der Waals surface area (Å²) in [7, 11) is 0. The van der Waals surface area contributed by atoms with Gasteiger partial charge in [0.2, 0.25) is 0 Å². The number of hydrogen-bond donors (Lipinski definition) is 1. The Hall–Kier alpha value is 0.350. The highest BCUT2D eigenvalue weighted by Crippen LogP contribution is 2.35. The van der Waals surface area contributed by atoms with Crippen molar-refractivity contribution < 1.29 is 0 Å². The summed E-state index contributed by atoms with van der Waals surface area (Å²) < 4.78 is 0.415. The summed E-state index contributed by atoms with van der Waals surface area (Å²) in [6, 6.07) is 0. The average molecular weight is 144 g/mol. The van der Waals surface area contributed by atoms with E-state index in [0.717, 1.165) is 0 Å². The molecule has 0 unspecified atom stereocenters. The second-order valence-corrected chi connectivity index (χ2v) is 4.09. The SMILES string of the molecule is CCC1(S)CCCCC1. The average Bonchev–Trinajstić information content (AvgIpc) is 1.90. The minimum atomic E-state index is 0.415. The van der Waals surface area contributed by atoms with Crippen LogP contribution in [0.15, 0.2) is 0 Å². The van der Waals surface area contributed by atoms with Crippen LogP contribution in [0.25, 0.3) is 0 Å². The molecule has 0 bridgehead atoms. The smallest absolute Gasteiger partial charge is 0.0127 e. The summed E-state index contributed by atoms with van der Waals surface area (Å²) in [5.74, 6) is 0. The molecule has 0 aromatic carbocycles. The van der Waals surface area contributed by atoms with Crippen molar-refractivity contribution in [2.45, 2.75) is 50.2 Å². The molecular formula is C8H16S. The highest BCUT2D eigenvalue weighted by molar-refractivity contribution is 7.81. The molecule has 1 aliphatic rings. The Morgan fingerprint density at radius 1 is 1.22 bits per heavy atom. The van der Waals surface area contributed by atoms with E-state index in [9.17, 15) is 0 Å². The van der Waals surface area contributed by atoms with Gasteiger partial charge in [0.05, 0.1) is 0 Å². The van der Waals surface area contributed by atoms with E-state index in [0.29, 0.717) is 4.75 Å². The molecule has 1 aliphatic carbocycles. The Morgan fingerprint density at radius 2 is 1.78 bits per heavy atom. The van der Waals surface area contributed by atoms with E-state index in [1.165, 1.54) is 38.5 Å². The third-order valence-corrected chi connectivity index (χ3v) is 3.21. The molecule has 1 rings (SSSR count). The van der Waals surface area contributed by atoms with Gasteiger partial charge in [0.1, 0.15) is 0 Å². The van der Waals surface area contributed by atoms with Crippen LogP contribution >= 0.6 is 12.6 Å². The van der Waals surface area contributed by atoms with Crippen LogP contribution < -0.4 is 0 Å². The van der Waals surface area contributed by atoms with E-state index in [4.69, 9.17) is 0 Å². The lowest BCUT2D eigenvalue weighted by atomic mass is 9.86. The molecule has 9 heavy (non-hydrogen) atoms. The van der Waals surface area contributed by atoms with Crippen LogP contribution in [-0.4, -0.2) is 4.75 Å². The van der Waals surface area contributed by atoms with Crippen molar-refractivity contribution in [3.8, 4) is 0 Å². The summed E-state index contributed by atoms with van der Waals surface area (Å²) in [4.78, 5) is 0. The largest absolute Gasteiger partial charge is 0.173 e. The summed E-state index contributed by atoms with van der Waals surface area (Å²) in [6.07, 6.45) is 8.16. The second kappa shape index (κ2) is 2.96. The topological polar surface area (TPSA) is 0 Å².